The highest BCUT2D eigenvalue weighted by molar-refractivity contribution is 5.97. The molecule has 1 amide bonds. The number of unbranched alkanes of at least 4 members (excludes halogenated alkanes) is 1. The molecule has 1 N–H and O–H groups in total. The van der Waals surface area contributed by atoms with Crippen LogP contribution in [0.4, 0.5) is 0 Å². The van der Waals surface area contributed by atoms with Crippen molar-refractivity contribution < 1.29 is 4.79 Å². The van der Waals surface area contributed by atoms with Crippen molar-refractivity contribution in [1.29, 1.82) is 0 Å². The summed E-state index contributed by atoms with van der Waals surface area (Å²) < 4.78 is 0. The molecule has 0 radical (unpaired) electrons. The standard InChI is InChI=1S/C14H17NO/c1-4-6-10-15-14(16)13-9-7-8-11(3)12(13)5-2/h2,7-9H,4,6,10H2,1,3H3,(H,15,16). The highest BCUT2D eigenvalue weighted by atomic mass is 16.1. The van der Waals surface area contributed by atoms with Gasteiger partial charge in [0, 0.05) is 12.1 Å². The Labute approximate surface area is 97.1 Å². The molecule has 0 heterocycles. The molecule has 16 heavy (non-hydrogen) atoms. The van der Waals surface area contributed by atoms with Crippen molar-refractivity contribution in [1.82, 2.24) is 5.32 Å². The molecule has 0 fully saturated rings. The van der Waals surface area contributed by atoms with Crippen molar-refractivity contribution in [3.05, 3.63) is 34.9 Å². The molecular formula is C14H17NO. The van der Waals surface area contributed by atoms with Crippen molar-refractivity contribution in [2.24, 2.45) is 0 Å². The van der Waals surface area contributed by atoms with Gasteiger partial charge in [-0.25, -0.2) is 0 Å². The summed E-state index contributed by atoms with van der Waals surface area (Å²) in [6.45, 7) is 4.71. The highest BCUT2D eigenvalue weighted by Gasteiger charge is 2.10. The first-order chi connectivity index (χ1) is 7.70. The van der Waals surface area contributed by atoms with Crippen molar-refractivity contribution >= 4 is 5.91 Å². The van der Waals surface area contributed by atoms with Gasteiger partial charge in [0.1, 0.15) is 0 Å². The molecule has 84 valence electrons. The minimum absolute atomic E-state index is 0.0786. The van der Waals surface area contributed by atoms with Crippen LogP contribution in [0, 0.1) is 19.3 Å². The number of carbonyl (C=O) groups is 1. The average Bonchev–Trinajstić information content (AvgIpc) is 2.29. The third-order valence-corrected chi connectivity index (χ3v) is 2.48. The molecule has 0 unspecified atom stereocenters. The van der Waals surface area contributed by atoms with Crippen LogP contribution >= 0.6 is 0 Å². The maximum Gasteiger partial charge on any atom is 0.252 e. The van der Waals surface area contributed by atoms with E-state index in [2.05, 4.69) is 18.2 Å². The maximum atomic E-state index is 11.8. The predicted molar refractivity (Wildman–Crippen MR) is 66.4 cm³/mol. The first-order valence-electron chi connectivity index (χ1n) is 5.55. The predicted octanol–water partition coefficient (Wildman–Crippen LogP) is 2.51. The summed E-state index contributed by atoms with van der Waals surface area (Å²) >= 11 is 0. The van der Waals surface area contributed by atoms with Gasteiger partial charge in [-0.1, -0.05) is 31.4 Å². The van der Waals surface area contributed by atoms with Gasteiger partial charge in [-0.3, -0.25) is 4.79 Å². The Kier molecular flexibility index (Phi) is 4.60. The van der Waals surface area contributed by atoms with Crippen molar-refractivity contribution in [3.63, 3.8) is 0 Å². The number of benzene rings is 1. The van der Waals surface area contributed by atoms with Gasteiger partial charge in [0.15, 0.2) is 0 Å². The Hall–Kier alpha value is -1.75. The Morgan fingerprint density at radius 2 is 2.25 bits per heavy atom. The lowest BCUT2D eigenvalue weighted by molar-refractivity contribution is 0.0953. The topological polar surface area (TPSA) is 29.1 Å². The van der Waals surface area contributed by atoms with Gasteiger partial charge in [0.05, 0.1) is 5.56 Å². The zero-order valence-corrected chi connectivity index (χ0v) is 9.84. The second kappa shape index (κ2) is 5.97. The molecule has 0 spiro atoms. The van der Waals surface area contributed by atoms with Gasteiger partial charge in [-0.05, 0) is 25.0 Å². The molecule has 0 bridgehead atoms. The van der Waals surface area contributed by atoms with Gasteiger partial charge in [0.2, 0.25) is 0 Å². The first-order valence-corrected chi connectivity index (χ1v) is 5.55. The van der Waals surface area contributed by atoms with Crippen LogP contribution in [0.2, 0.25) is 0 Å². The number of nitrogens with one attached hydrogen (secondary N) is 1. The summed E-state index contributed by atoms with van der Waals surface area (Å²) in [6, 6.07) is 5.53. The molecule has 0 saturated carbocycles. The number of aryl methyl sites for hydroxylation is 1. The minimum Gasteiger partial charge on any atom is -0.352 e. The number of hydrogen-bond acceptors (Lipinski definition) is 1. The molecule has 2 nitrogen and oxygen atoms in total. The van der Waals surface area contributed by atoms with E-state index in [0.717, 1.165) is 18.4 Å². The van der Waals surface area contributed by atoms with Gasteiger partial charge in [-0.2, -0.15) is 0 Å². The average molecular weight is 215 g/mol. The molecule has 0 aromatic heterocycles. The van der Waals surface area contributed by atoms with Crippen molar-refractivity contribution in [2.45, 2.75) is 26.7 Å². The number of rotatable bonds is 4. The smallest absolute Gasteiger partial charge is 0.252 e. The van der Waals surface area contributed by atoms with Crippen LogP contribution in [0.5, 0.6) is 0 Å². The molecule has 0 atom stereocenters. The molecule has 1 aromatic rings. The van der Waals surface area contributed by atoms with Crippen LogP contribution in [0.3, 0.4) is 0 Å². The Bertz CT molecular complexity index is 415. The fourth-order valence-electron chi connectivity index (χ4n) is 1.52. The molecule has 0 saturated heterocycles. The fraction of sp³-hybridized carbons (Fsp3) is 0.357. The quantitative estimate of drug-likeness (QED) is 0.607. The Morgan fingerprint density at radius 3 is 2.88 bits per heavy atom. The summed E-state index contributed by atoms with van der Waals surface area (Å²) in [5.74, 6) is 2.50. The lowest BCUT2D eigenvalue weighted by Gasteiger charge is -2.08. The summed E-state index contributed by atoms with van der Waals surface area (Å²) in [6.07, 6.45) is 7.47. The third kappa shape index (κ3) is 2.87. The molecule has 1 rings (SSSR count). The van der Waals surface area contributed by atoms with Gasteiger partial charge < -0.3 is 5.32 Å². The monoisotopic (exact) mass is 215 g/mol. The molecule has 0 aliphatic heterocycles. The third-order valence-electron chi connectivity index (χ3n) is 2.48. The zero-order valence-electron chi connectivity index (χ0n) is 9.84. The molecule has 2 heteroatoms. The van der Waals surface area contributed by atoms with E-state index >= 15 is 0 Å². The largest absolute Gasteiger partial charge is 0.352 e. The van der Waals surface area contributed by atoms with Gasteiger partial charge >= 0.3 is 0 Å². The number of hydrogen-bond donors (Lipinski definition) is 1. The van der Waals surface area contributed by atoms with Crippen LogP contribution in [0.1, 0.15) is 41.3 Å². The Morgan fingerprint density at radius 1 is 1.50 bits per heavy atom. The van der Waals surface area contributed by atoms with E-state index in [1.54, 1.807) is 6.07 Å². The van der Waals surface area contributed by atoms with E-state index in [1.165, 1.54) is 0 Å². The van der Waals surface area contributed by atoms with Gasteiger partial charge in [-0.15, -0.1) is 6.42 Å². The second-order valence-corrected chi connectivity index (χ2v) is 3.75. The first kappa shape index (κ1) is 12.3. The highest BCUT2D eigenvalue weighted by Crippen LogP contribution is 2.12. The molecule has 1 aromatic carbocycles. The minimum atomic E-state index is -0.0786. The van der Waals surface area contributed by atoms with E-state index in [9.17, 15) is 4.79 Å². The fourth-order valence-corrected chi connectivity index (χ4v) is 1.52. The van der Waals surface area contributed by atoms with Crippen molar-refractivity contribution in [2.75, 3.05) is 6.54 Å². The van der Waals surface area contributed by atoms with Crippen LogP contribution in [0.25, 0.3) is 0 Å². The van der Waals surface area contributed by atoms with Crippen LogP contribution in [-0.4, -0.2) is 12.5 Å². The molecule has 0 aliphatic rings. The van der Waals surface area contributed by atoms with E-state index < -0.39 is 0 Å². The number of amides is 1. The van der Waals surface area contributed by atoms with Gasteiger partial charge in [0.25, 0.3) is 5.91 Å². The summed E-state index contributed by atoms with van der Waals surface area (Å²) in [5.41, 5.74) is 2.25. The Balaban J connectivity index is 2.84. The SMILES string of the molecule is C#Cc1c(C)cccc1C(=O)NCCCC. The molecule has 0 aliphatic carbocycles. The van der Waals surface area contributed by atoms with E-state index in [4.69, 9.17) is 6.42 Å². The number of carbonyl (C=O) groups excluding carboxylic acids is 1. The molecular weight excluding hydrogens is 198 g/mol. The van der Waals surface area contributed by atoms with Crippen molar-refractivity contribution in [3.8, 4) is 12.3 Å². The van der Waals surface area contributed by atoms with Crippen LogP contribution in [0.15, 0.2) is 18.2 Å². The summed E-state index contributed by atoms with van der Waals surface area (Å²) in [4.78, 5) is 11.8. The normalized spacial score (nSPS) is 9.56. The van der Waals surface area contributed by atoms with Crippen LogP contribution in [-0.2, 0) is 0 Å². The van der Waals surface area contributed by atoms with E-state index in [1.807, 2.05) is 19.1 Å². The summed E-state index contributed by atoms with van der Waals surface area (Å²) in [5, 5.41) is 2.87. The lowest BCUT2D eigenvalue weighted by Crippen LogP contribution is -2.25. The lowest BCUT2D eigenvalue weighted by atomic mass is 10.0. The second-order valence-electron chi connectivity index (χ2n) is 3.75. The maximum absolute atomic E-state index is 11.8. The van der Waals surface area contributed by atoms with Crippen LogP contribution < -0.4 is 5.32 Å². The number of terminal acetylenes is 1. The zero-order chi connectivity index (χ0) is 12.0. The van der Waals surface area contributed by atoms with E-state index in [-0.39, 0.29) is 5.91 Å². The van der Waals surface area contributed by atoms with E-state index in [0.29, 0.717) is 17.7 Å². The summed E-state index contributed by atoms with van der Waals surface area (Å²) in [7, 11) is 0.